The molecule has 0 aromatic carbocycles. The molecule has 1 heterocycles. The molecule has 1 rings (SSSR count). The van der Waals surface area contributed by atoms with Crippen LogP contribution in [0.15, 0.2) is 4.42 Å². The van der Waals surface area contributed by atoms with Gasteiger partial charge in [-0.3, -0.25) is 4.79 Å². The number of hydrogen-bond donors (Lipinski definition) is 1. The molecule has 1 N–H and O–H groups in total. The van der Waals surface area contributed by atoms with Gasteiger partial charge in [0.15, 0.2) is 0 Å². The van der Waals surface area contributed by atoms with Crippen LogP contribution in [0.2, 0.25) is 0 Å². The fraction of sp³-hybridized carbons (Fsp3) is 0.538. The summed E-state index contributed by atoms with van der Waals surface area (Å²) in [6, 6.07) is 1.61. The molecule has 0 aliphatic carbocycles. The molecule has 1 amide bonds. The minimum Gasteiger partial charge on any atom is -0.466 e. The molecular weight excluding hydrogens is 216 g/mol. The summed E-state index contributed by atoms with van der Waals surface area (Å²) < 4.78 is 5.40. The van der Waals surface area contributed by atoms with Crippen molar-refractivity contribution >= 4 is 5.91 Å². The van der Waals surface area contributed by atoms with Crippen LogP contribution in [-0.2, 0) is 0 Å². The van der Waals surface area contributed by atoms with Crippen molar-refractivity contribution in [1.82, 2.24) is 5.32 Å². The third kappa shape index (κ3) is 2.68. The Balaban J connectivity index is 2.95. The molecule has 0 saturated carbocycles. The van der Waals surface area contributed by atoms with E-state index in [1.54, 1.807) is 6.92 Å². The standard InChI is InChI=1S/C13H18N2O2/c1-7(2)11(6-14)15-13(16)12-8(3)9(4)17-10(12)5/h7,11H,1-5H3,(H,15,16). The van der Waals surface area contributed by atoms with Crippen molar-refractivity contribution in [3.05, 3.63) is 22.6 Å². The molecule has 92 valence electrons. The number of aryl methyl sites for hydroxylation is 2. The van der Waals surface area contributed by atoms with Crippen LogP contribution in [0.3, 0.4) is 0 Å². The summed E-state index contributed by atoms with van der Waals surface area (Å²) in [4.78, 5) is 12.1. The van der Waals surface area contributed by atoms with Gasteiger partial charge in [0.05, 0.1) is 11.6 Å². The molecule has 4 heteroatoms. The molecular formula is C13H18N2O2. The van der Waals surface area contributed by atoms with E-state index < -0.39 is 6.04 Å². The molecule has 0 bridgehead atoms. The first-order valence-electron chi connectivity index (χ1n) is 5.65. The maximum atomic E-state index is 12.1. The number of hydrogen-bond acceptors (Lipinski definition) is 3. The predicted molar refractivity (Wildman–Crippen MR) is 64.6 cm³/mol. The zero-order valence-corrected chi connectivity index (χ0v) is 10.9. The highest BCUT2D eigenvalue weighted by Crippen LogP contribution is 2.20. The lowest BCUT2D eigenvalue weighted by molar-refractivity contribution is 0.0935. The Labute approximate surface area is 102 Å². The molecule has 1 aromatic heterocycles. The third-order valence-electron chi connectivity index (χ3n) is 2.88. The van der Waals surface area contributed by atoms with E-state index in [1.807, 2.05) is 27.7 Å². The van der Waals surface area contributed by atoms with Crippen molar-refractivity contribution in [3.63, 3.8) is 0 Å². The van der Waals surface area contributed by atoms with Crippen molar-refractivity contribution in [3.8, 4) is 6.07 Å². The number of rotatable bonds is 3. The van der Waals surface area contributed by atoms with Gasteiger partial charge in [0, 0.05) is 5.56 Å². The minimum atomic E-state index is -0.475. The fourth-order valence-corrected chi connectivity index (χ4v) is 1.69. The van der Waals surface area contributed by atoms with Crippen LogP contribution in [0.4, 0.5) is 0 Å². The molecule has 1 aromatic rings. The maximum absolute atomic E-state index is 12.1. The molecule has 17 heavy (non-hydrogen) atoms. The lowest BCUT2D eigenvalue weighted by Crippen LogP contribution is -2.37. The number of nitrogens with zero attached hydrogens (tertiary/aromatic N) is 1. The highest BCUT2D eigenvalue weighted by atomic mass is 16.3. The largest absolute Gasteiger partial charge is 0.466 e. The van der Waals surface area contributed by atoms with Gasteiger partial charge in [0.2, 0.25) is 0 Å². The third-order valence-corrected chi connectivity index (χ3v) is 2.88. The molecule has 0 fully saturated rings. The van der Waals surface area contributed by atoms with Gasteiger partial charge in [-0.1, -0.05) is 13.8 Å². The quantitative estimate of drug-likeness (QED) is 0.873. The smallest absolute Gasteiger partial charge is 0.256 e. The van der Waals surface area contributed by atoms with Crippen molar-refractivity contribution in [2.75, 3.05) is 0 Å². The Morgan fingerprint density at radius 3 is 2.24 bits per heavy atom. The Morgan fingerprint density at radius 1 is 1.29 bits per heavy atom. The molecule has 1 unspecified atom stereocenters. The SMILES string of the molecule is Cc1oc(C)c(C(=O)NC(C#N)C(C)C)c1C. The Kier molecular flexibility index (Phi) is 3.95. The van der Waals surface area contributed by atoms with E-state index in [0.717, 1.165) is 11.3 Å². The van der Waals surface area contributed by atoms with Gasteiger partial charge in [-0.15, -0.1) is 0 Å². The van der Waals surface area contributed by atoms with E-state index >= 15 is 0 Å². The number of furan rings is 1. The summed E-state index contributed by atoms with van der Waals surface area (Å²) in [5.74, 6) is 1.18. The van der Waals surface area contributed by atoms with Crippen molar-refractivity contribution in [2.45, 2.75) is 40.7 Å². The topological polar surface area (TPSA) is 66.0 Å². The molecule has 0 radical (unpaired) electrons. The first kappa shape index (κ1) is 13.3. The lowest BCUT2D eigenvalue weighted by atomic mass is 10.0. The molecule has 1 atom stereocenters. The lowest BCUT2D eigenvalue weighted by Gasteiger charge is -2.14. The van der Waals surface area contributed by atoms with Gasteiger partial charge in [-0.25, -0.2) is 0 Å². The van der Waals surface area contributed by atoms with E-state index in [-0.39, 0.29) is 11.8 Å². The van der Waals surface area contributed by atoms with Crippen LogP contribution in [0.5, 0.6) is 0 Å². The summed E-state index contributed by atoms with van der Waals surface area (Å²) in [7, 11) is 0. The molecule has 0 saturated heterocycles. The van der Waals surface area contributed by atoms with Gasteiger partial charge >= 0.3 is 0 Å². The van der Waals surface area contributed by atoms with Crippen LogP contribution in [-0.4, -0.2) is 11.9 Å². The van der Waals surface area contributed by atoms with Crippen molar-refractivity contribution < 1.29 is 9.21 Å². The number of amides is 1. The summed E-state index contributed by atoms with van der Waals surface area (Å²) in [6.45, 7) is 9.22. The molecule has 4 nitrogen and oxygen atoms in total. The predicted octanol–water partition coefficient (Wildman–Crippen LogP) is 2.48. The summed E-state index contributed by atoms with van der Waals surface area (Å²) in [5, 5.41) is 11.7. The van der Waals surface area contributed by atoms with Gasteiger partial charge in [0.1, 0.15) is 17.6 Å². The Hall–Kier alpha value is -1.76. The van der Waals surface area contributed by atoms with Crippen LogP contribution < -0.4 is 5.32 Å². The van der Waals surface area contributed by atoms with Gasteiger partial charge in [0.25, 0.3) is 5.91 Å². The molecule has 0 aliphatic heterocycles. The normalized spacial score (nSPS) is 12.3. The summed E-state index contributed by atoms with van der Waals surface area (Å²) in [5.41, 5.74) is 1.38. The van der Waals surface area contributed by atoms with E-state index in [0.29, 0.717) is 11.3 Å². The Morgan fingerprint density at radius 2 is 1.88 bits per heavy atom. The van der Waals surface area contributed by atoms with Gasteiger partial charge in [-0.05, 0) is 26.7 Å². The average molecular weight is 234 g/mol. The molecule has 0 spiro atoms. The zero-order valence-electron chi connectivity index (χ0n) is 10.9. The number of nitriles is 1. The highest BCUT2D eigenvalue weighted by Gasteiger charge is 2.22. The van der Waals surface area contributed by atoms with E-state index in [9.17, 15) is 4.79 Å². The Bertz CT molecular complexity index is 466. The zero-order chi connectivity index (χ0) is 13.2. The second-order valence-electron chi connectivity index (χ2n) is 4.54. The summed E-state index contributed by atoms with van der Waals surface area (Å²) in [6.07, 6.45) is 0. The van der Waals surface area contributed by atoms with Crippen molar-refractivity contribution in [1.29, 1.82) is 5.26 Å². The minimum absolute atomic E-state index is 0.0811. The fourth-order valence-electron chi connectivity index (χ4n) is 1.69. The maximum Gasteiger partial charge on any atom is 0.256 e. The van der Waals surface area contributed by atoms with Gasteiger partial charge in [-0.2, -0.15) is 5.26 Å². The van der Waals surface area contributed by atoms with Crippen LogP contribution in [0.25, 0.3) is 0 Å². The molecule has 0 aliphatic rings. The first-order valence-corrected chi connectivity index (χ1v) is 5.65. The first-order chi connectivity index (χ1) is 7.88. The van der Waals surface area contributed by atoms with Crippen LogP contribution >= 0.6 is 0 Å². The average Bonchev–Trinajstić information content (AvgIpc) is 2.49. The van der Waals surface area contributed by atoms with E-state index in [4.69, 9.17) is 9.68 Å². The number of nitrogens with one attached hydrogen (secondary N) is 1. The highest BCUT2D eigenvalue weighted by molar-refractivity contribution is 5.97. The van der Waals surface area contributed by atoms with E-state index in [1.165, 1.54) is 0 Å². The van der Waals surface area contributed by atoms with Gasteiger partial charge < -0.3 is 9.73 Å². The second kappa shape index (κ2) is 5.05. The summed E-state index contributed by atoms with van der Waals surface area (Å²) >= 11 is 0. The monoisotopic (exact) mass is 234 g/mol. The second-order valence-corrected chi connectivity index (χ2v) is 4.54. The van der Waals surface area contributed by atoms with Crippen LogP contribution in [0, 0.1) is 38.0 Å². The number of carbonyl (C=O) groups is 1. The van der Waals surface area contributed by atoms with Crippen LogP contribution in [0.1, 0.15) is 41.3 Å². The van der Waals surface area contributed by atoms with E-state index in [2.05, 4.69) is 11.4 Å². The number of carbonyl (C=O) groups excluding carboxylic acids is 1. The van der Waals surface area contributed by atoms with Crippen molar-refractivity contribution in [2.24, 2.45) is 5.92 Å².